The van der Waals surface area contributed by atoms with E-state index in [0.717, 1.165) is 42.6 Å². The van der Waals surface area contributed by atoms with E-state index in [-0.39, 0.29) is 23.5 Å². The third kappa shape index (κ3) is 5.61. The fourth-order valence-corrected chi connectivity index (χ4v) is 6.14. The highest BCUT2D eigenvalue weighted by atomic mass is 32.2. The fraction of sp³-hybridized carbons (Fsp3) is 0.500. The van der Waals surface area contributed by atoms with E-state index in [9.17, 15) is 12.8 Å². The lowest BCUT2D eigenvalue weighted by molar-refractivity contribution is 0.316. The van der Waals surface area contributed by atoms with Gasteiger partial charge in [0, 0.05) is 12.0 Å². The van der Waals surface area contributed by atoms with Crippen LogP contribution in [-0.4, -0.2) is 32.6 Å². The summed E-state index contributed by atoms with van der Waals surface area (Å²) in [6.45, 7) is 0.378. The quantitative estimate of drug-likeness (QED) is 0.609. The molecule has 0 aliphatic heterocycles. The van der Waals surface area contributed by atoms with Crippen molar-refractivity contribution in [2.24, 2.45) is 11.7 Å². The summed E-state index contributed by atoms with van der Waals surface area (Å²) in [5.41, 5.74) is 9.81. The van der Waals surface area contributed by atoms with Gasteiger partial charge in [-0.25, -0.2) is 12.8 Å². The summed E-state index contributed by atoms with van der Waals surface area (Å²) in [4.78, 5) is 0. The van der Waals surface area contributed by atoms with E-state index in [1.165, 1.54) is 11.6 Å². The first-order valence-electron chi connectivity index (χ1n) is 10.9. The molecule has 162 valence electrons. The van der Waals surface area contributed by atoms with Crippen molar-refractivity contribution in [3.8, 4) is 5.75 Å². The zero-order chi connectivity index (χ0) is 21.1. The number of ether oxygens (including phenoxy) is 1. The predicted molar refractivity (Wildman–Crippen MR) is 117 cm³/mol. The Labute approximate surface area is 178 Å². The van der Waals surface area contributed by atoms with Gasteiger partial charge < -0.3 is 10.5 Å². The van der Waals surface area contributed by atoms with Gasteiger partial charge in [-0.3, -0.25) is 0 Å². The second-order valence-electron chi connectivity index (χ2n) is 8.76. The predicted octanol–water partition coefficient (Wildman–Crippen LogP) is 4.02. The van der Waals surface area contributed by atoms with Crippen LogP contribution in [0.25, 0.3) is 0 Å². The van der Waals surface area contributed by atoms with E-state index >= 15 is 0 Å². The van der Waals surface area contributed by atoms with Crippen LogP contribution >= 0.6 is 0 Å². The van der Waals surface area contributed by atoms with Crippen LogP contribution in [0.15, 0.2) is 42.5 Å². The van der Waals surface area contributed by atoms with Gasteiger partial charge in [0.1, 0.15) is 11.6 Å². The van der Waals surface area contributed by atoms with Crippen LogP contribution in [0.4, 0.5) is 4.39 Å². The first-order valence-corrected chi connectivity index (χ1v) is 12.7. The van der Waals surface area contributed by atoms with Crippen molar-refractivity contribution in [2.45, 2.75) is 50.5 Å². The van der Waals surface area contributed by atoms with Gasteiger partial charge in [0.2, 0.25) is 0 Å². The van der Waals surface area contributed by atoms with Gasteiger partial charge in [0.15, 0.2) is 9.84 Å². The Kier molecular flexibility index (Phi) is 6.44. The fourth-order valence-electron chi connectivity index (χ4n) is 4.36. The zero-order valence-electron chi connectivity index (χ0n) is 17.2. The summed E-state index contributed by atoms with van der Waals surface area (Å²) in [5.74, 6) is 1.51. The van der Waals surface area contributed by atoms with Gasteiger partial charge in [-0.05, 0) is 85.4 Å². The van der Waals surface area contributed by atoms with Gasteiger partial charge in [0.25, 0.3) is 0 Å². The minimum atomic E-state index is -2.97. The number of halogens is 1. The average molecular weight is 432 g/mol. The van der Waals surface area contributed by atoms with Crippen molar-refractivity contribution in [1.29, 1.82) is 0 Å². The van der Waals surface area contributed by atoms with E-state index < -0.39 is 9.84 Å². The maximum atomic E-state index is 13.6. The largest absolute Gasteiger partial charge is 0.494 e. The lowest BCUT2D eigenvalue weighted by Gasteiger charge is -2.32. The van der Waals surface area contributed by atoms with E-state index in [4.69, 9.17) is 10.5 Å². The van der Waals surface area contributed by atoms with Crippen LogP contribution in [0.2, 0.25) is 0 Å². The molecule has 0 amide bonds. The Morgan fingerprint density at radius 1 is 1.10 bits per heavy atom. The molecule has 4 rings (SSSR count). The SMILES string of the molecule is NC1CCc2ccc(OCCCS(=O)(=O)CC3CC3)cc2C1Cc1cccc(F)c1. The summed E-state index contributed by atoms with van der Waals surface area (Å²) in [7, 11) is -2.97. The Morgan fingerprint density at radius 3 is 2.70 bits per heavy atom. The second kappa shape index (κ2) is 9.06. The molecule has 2 atom stereocenters. The first-order chi connectivity index (χ1) is 14.4. The molecule has 0 bridgehead atoms. The normalized spacial score (nSPS) is 21.3. The van der Waals surface area contributed by atoms with Crippen LogP contribution in [0.5, 0.6) is 5.75 Å². The molecule has 0 spiro atoms. The molecular formula is C24H30FNO3S. The monoisotopic (exact) mass is 431 g/mol. The number of sulfone groups is 1. The highest BCUT2D eigenvalue weighted by molar-refractivity contribution is 7.91. The maximum Gasteiger partial charge on any atom is 0.150 e. The standard InChI is InChI=1S/C24H30FNO3S/c25-20-4-1-3-18(13-20)14-23-22-15-21(9-7-19(22)8-10-24(23)26)29-11-2-12-30(27,28)16-17-5-6-17/h1,3-4,7,9,13,15,17,23-24H,2,5-6,8,10-12,14,16,26H2. The van der Waals surface area contributed by atoms with E-state index in [1.54, 1.807) is 12.1 Å². The number of benzene rings is 2. The van der Waals surface area contributed by atoms with Crippen LogP contribution in [0, 0.1) is 11.7 Å². The Hall–Kier alpha value is -1.92. The smallest absolute Gasteiger partial charge is 0.150 e. The summed E-state index contributed by atoms with van der Waals surface area (Å²) >= 11 is 0. The molecule has 6 heteroatoms. The highest BCUT2D eigenvalue weighted by Gasteiger charge is 2.29. The van der Waals surface area contributed by atoms with E-state index in [2.05, 4.69) is 6.07 Å². The van der Waals surface area contributed by atoms with Crippen molar-refractivity contribution >= 4 is 9.84 Å². The molecule has 0 radical (unpaired) electrons. The van der Waals surface area contributed by atoms with Crippen molar-refractivity contribution in [1.82, 2.24) is 0 Å². The lowest BCUT2D eigenvalue weighted by Crippen LogP contribution is -2.34. The van der Waals surface area contributed by atoms with Crippen LogP contribution in [0.3, 0.4) is 0 Å². The molecule has 2 unspecified atom stereocenters. The number of fused-ring (bicyclic) bond motifs is 1. The molecule has 1 fully saturated rings. The topological polar surface area (TPSA) is 69.4 Å². The lowest BCUT2D eigenvalue weighted by atomic mass is 9.76. The third-order valence-electron chi connectivity index (χ3n) is 6.18. The number of hydrogen-bond donors (Lipinski definition) is 1. The molecule has 2 aromatic rings. The molecule has 2 aliphatic carbocycles. The van der Waals surface area contributed by atoms with Crippen LogP contribution in [-0.2, 0) is 22.7 Å². The number of aryl methyl sites for hydroxylation is 1. The molecule has 2 aliphatic rings. The molecular weight excluding hydrogens is 401 g/mol. The van der Waals surface area contributed by atoms with E-state index in [1.807, 2.05) is 18.2 Å². The minimum absolute atomic E-state index is 0.0172. The number of rotatable bonds is 9. The molecule has 2 aromatic carbocycles. The van der Waals surface area contributed by atoms with Crippen molar-refractivity contribution in [3.63, 3.8) is 0 Å². The van der Waals surface area contributed by atoms with Crippen molar-refractivity contribution in [2.75, 3.05) is 18.1 Å². The van der Waals surface area contributed by atoms with Crippen molar-refractivity contribution in [3.05, 3.63) is 65.0 Å². The third-order valence-corrected chi connectivity index (χ3v) is 8.07. The molecule has 1 saturated carbocycles. The van der Waals surface area contributed by atoms with Gasteiger partial charge in [0.05, 0.1) is 18.1 Å². The van der Waals surface area contributed by atoms with Crippen LogP contribution in [0.1, 0.15) is 48.3 Å². The molecule has 0 heterocycles. The number of nitrogens with two attached hydrogens (primary N) is 1. The molecule has 30 heavy (non-hydrogen) atoms. The summed E-state index contributed by atoms with van der Waals surface area (Å²) in [6, 6.07) is 12.8. The summed E-state index contributed by atoms with van der Waals surface area (Å²) < 4.78 is 43.6. The molecule has 4 nitrogen and oxygen atoms in total. The van der Waals surface area contributed by atoms with E-state index in [0.29, 0.717) is 31.1 Å². The zero-order valence-corrected chi connectivity index (χ0v) is 18.0. The van der Waals surface area contributed by atoms with Crippen molar-refractivity contribution < 1.29 is 17.5 Å². The van der Waals surface area contributed by atoms with Crippen LogP contribution < -0.4 is 10.5 Å². The van der Waals surface area contributed by atoms with Gasteiger partial charge >= 0.3 is 0 Å². The molecule has 0 saturated heterocycles. The Balaban J connectivity index is 1.40. The molecule has 2 N–H and O–H groups in total. The van der Waals surface area contributed by atoms with Gasteiger partial charge in [-0.2, -0.15) is 0 Å². The number of hydrogen-bond acceptors (Lipinski definition) is 4. The van der Waals surface area contributed by atoms with Gasteiger partial charge in [-0.1, -0.05) is 18.2 Å². The highest BCUT2D eigenvalue weighted by Crippen LogP contribution is 2.36. The molecule has 0 aromatic heterocycles. The average Bonchev–Trinajstić information content (AvgIpc) is 3.51. The summed E-state index contributed by atoms with van der Waals surface area (Å²) in [6.07, 6.45) is 5.11. The maximum absolute atomic E-state index is 13.6. The minimum Gasteiger partial charge on any atom is -0.494 e. The van der Waals surface area contributed by atoms with Gasteiger partial charge in [-0.15, -0.1) is 0 Å². The first kappa shape index (κ1) is 21.3. The Bertz CT molecular complexity index is 988. The summed E-state index contributed by atoms with van der Waals surface area (Å²) in [5, 5.41) is 0. The second-order valence-corrected chi connectivity index (χ2v) is 11.0. The Morgan fingerprint density at radius 2 is 1.93 bits per heavy atom.